The molecule has 2 aromatic rings. The average Bonchev–Trinajstić information content (AvgIpc) is 3.33. The highest BCUT2D eigenvalue weighted by molar-refractivity contribution is 7.09. The highest BCUT2D eigenvalue weighted by Crippen LogP contribution is 2.42. The SMILES string of the molecule is Cc1csc(C(NC(=O)C2COc3ccccc3C2)C2CC2)n1. The van der Waals surface area contributed by atoms with E-state index in [0.717, 1.165) is 28.4 Å². The zero-order valence-electron chi connectivity index (χ0n) is 13.1. The molecule has 0 bridgehead atoms. The number of carbonyl (C=O) groups excluding carboxylic acids is 1. The quantitative estimate of drug-likeness (QED) is 0.937. The number of rotatable bonds is 4. The molecule has 2 unspecified atom stereocenters. The second-order valence-corrected chi connectivity index (χ2v) is 7.36. The van der Waals surface area contributed by atoms with E-state index in [4.69, 9.17) is 4.74 Å². The molecule has 2 atom stereocenters. The summed E-state index contributed by atoms with van der Waals surface area (Å²) in [6.07, 6.45) is 3.09. The maximum absolute atomic E-state index is 12.7. The lowest BCUT2D eigenvalue weighted by molar-refractivity contribution is -0.127. The van der Waals surface area contributed by atoms with E-state index in [9.17, 15) is 4.79 Å². The number of fused-ring (bicyclic) bond motifs is 1. The van der Waals surface area contributed by atoms with Crippen LogP contribution in [-0.4, -0.2) is 17.5 Å². The van der Waals surface area contributed by atoms with Crippen molar-refractivity contribution in [1.82, 2.24) is 10.3 Å². The molecule has 23 heavy (non-hydrogen) atoms. The van der Waals surface area contributed by atoms with Crippen molar-refractivity contribution >= 4 is 17.2 Å². The minimum Gasteiger partial charge on any atom is -0.492 e. The molecule has 120 valence electrons. The molecule has 1 fully saturated rings. The molecule has 4 nitrogen and oxygen atoms in total. The molecule has 1 amide bonds. The number of amides is 1. The number of benzene rings is 1. The van der Waals surface area contributed by atoms with E-state index in [-0.39, 0.29) is 17.9 Å². The topological polar surface area (TPSA) is 51.2 Å². The summed E-state index contributed by atoms with van der Waals surface area (Å²) in [4.78, 5) is 17.3. The Labute approximate surface area is 139 Å². The second kappa shape index (κ2) is 5.96. The third-order valence-corrected chi connectivity index (χ3v) is 5.59. The summed E-state index contributed by atoms with van der Waals surface area (Å²) >= 11 is 1.65. The number of hydrogen-bond donors (Lipinski definition) is 1. The lowest BCUT2D eigenvalue weighted by atomic mass is 9.95. The largest absolute Gasteiger partial charge is 0.492 e. The standard InChI is InChI=1S/C18H20N2O2S/c1-11-10-23-18(19-11)16(12-6-7-12)20-17(21)14-8-13-4-2-3-5-15(13)22-9-14/h2-5,10,12,14,16H,6-9H2,1H3,(H,20,21). The number of ether oxygens (including phenoxy) is 1. The van der Waals surface area contributed by atoms with Crippen LogP contribution < -0.4 is 10.1 Å². The van der Waals surface area contributed by atoms with E-state index in [1.165, 1.54) is 12.8 Å². The smallest absolute Gasteiger partial charge is 0.227 e. The first kappa shape index (κ1) is 14.7. The van der Waals surface area contributed by atoms with E-state index in [2.05, 4.69) is 15.7 Å². The highest BCUT2D eigenvalue weighted by Gasteiger charge is 2.37. The van der Waals surface area contributed by atoms with E-state index in [1.54, 1.807) is 11.3 Å². The van der Waals surface area contributed by atoms with Crippen molar-refractivity contribution in [2.24, 2.45) is 11.8 Å². The maximum Gasteiger partial charge on any atom is 0.227 e. The molecule has 0 radical (unpaired) electrons. The van der Waals surface area contributed by atoms with Gasteiger partial charge in [-0.05, 0) is 43.7 Å². The van der Waals surface area contributed by atoms with Crippen LogP contribution in [-0.2, 0) is 11.2 Å². The van der Waals surface area contributed by atoms with Crippen molar-refractivity contribution in [3.63, 3.8) is 0 Å². The third-order valence-electron chi connectivity index (χ3n) is 4.54. The average molecular weight is 328 g/mol. The van der Waals surface area contributed by atoms with Crippen molar-refractivity contribution in [3.8, 4) is 5.75 Å². The number of hydrogen-bond acceptors (Lipinski definition) is 4. The summed E-state index contributed by atoms with van der Waals surface area (Å²) in [5, 5.41) is 6.33. The molecule has 1 aliphatic carbocycles. The fourth-order valence-electron chi connectivity index (χ4n) is 3.09. The number of thiazole rings is 1. The van der Waals surface area contributed by atoms with Gasteiger partial charge in [0.15, 0.2) is 0 Å². The van der Waals surface area contributed by atoms with Gasteiger partial charge in [-0.3, -0.25) is 4.79 Å². The molecule has 0 saturated heterocycles. The number of nitrogens with zero attached hydrogens (tertiary/aromatic N) is 1. The minimum absolute atomic E-state index is 0.0679. The van der Waals surface area contributed by atoms with E-state index < -0.39 is 0 Å². The molecule has 2 aliphatic rings. The van der Waals surface area contributed by atoms with Crippen LogP contribution in [0, 0.1) is 18.8 Å². The fraction of sp³-hybridized carbons (Fsp3) is 0.444. The summed E-state index contributed by atoms with van der Waals surface area (Å²) in [7, 11) is 0. The first-order valence-electron chi connectivity index (χ1n) is 8.14. The van der Waals surface area contributed by atoms with Crippen molar-refractivity contribution < 1.29 is 9.53 Å². The van der Waals surface area contributed by atoms with Gasteiger partial charge < -0.3 is 10.1 Å². The minimum atomic E-state index is -0.118. The first-order chi connectivity index (χ1) is 11.2. The Kier molecular flexibility index (Phi) is 3.81. The lowest BCUT2D eigenvalue weighted by Gasteiger charge is -2.26. The number of nitrogens with one attached hydrogen (secondary N) is 1. The monoisotopic (exact) mass is 328 g/mol. The van der Waals surface area contributed by atoms with Crippen LogP contribution in [0.3, 0.4) is 0 Å². The van der Waals surface area contributed by atoms with Gasteiger partial charge in [0.2, 0.25) is 5.91 Å². The summed E-state index contributed by atoms with van der Waals surface area (Å²) in [6.45, 7) is 2.45. The number of carbonyl (C=O) groups is 1. The predicted molar refractivity (Wildman–Crippen MR) is 89.6 cm³/mol. The van der Waals surface area contributed by atoms with Crippen molar-refractivity contribution in [2.75, 3.05) is 6.61 Å². The van der Waals surface area contributed by atoms with Gasteiger partial charge in [-0.2, -0.15) is 0 Å². The van der Waals surface area contributed by atoms with Crippen LogP contribution in [0.4, 0.5) is 0 Å². The lowest BCUT2D eigenvalue weighted by Crippen LogP contribution is -2.39. The van der Waals surface area contributed by atoms with Crippen LogP contribution in [0.15, 0.2) is 29.6 Å². The van der Waals surface area contributed by atoms with Gasteiger partial charge >= 0.3 is 0 Å². The summed E-state index contributed by atoms with van der Waals surface area (Å²) in [5.74, 6) is 1.42. The normalized spacial score (nSPS) is 21.2. The van der Waals surface area contributed by atoms with Gasteiger partial charge in [-0.25, -0.2) is 4.98 Å². The van der Waals surface area contributed by atoms with Crippen molar-refractivity contribution in [1.29, 1.82) is 0 Å². The van der Waals surface area contributed by atoms with Gasteiger partial charge in [-0.1, -0.05) is 18.2 Å². The molecule has 2 heterocycles. The molecular formula is C18H20N2O2S. The van der Waals surface area contributed by atoms with Gasteiger partial charge in [-0.15, -0.1) is 11.3 Å². The number of aromatic nitrogens is 1. The third kappa shape index (κ3) is 3.11. The zero-order chi connectivity index (χ0) is 15.8. The summed E-state index contributed by atoms with van der Waals surface area (Å²) < 4.78 is 5.75. The Balaban J connectivity index is 1.47. The molecule has 1 aromatic carbocycles. The van der Waals surface area contributed by atoms with Crippen molar-refractivity contribution in [2.45, 2.75) is 32.2 Å². The van der Waals surface area contributed by atoms with E-state index in [1.807, 2.05) is 31.2 Å². The zero-order valence-corrected chi connectivity index (χ0v) is 13.9. The molecule has 1 N–H and O–H groups in total. The Morgan fingerprint density at radius 3 is 2.96 bits per heavy atom. The fourth-order valence-corrected chi connectivity index (χ4v) is 4.03. The molecular weight excluding hydrogens is 308 g/mol. The number of aryl methyl sites for hydroxylation is 1. The van der Waals surface area contributed by atoms with Crippen LogP contribution in [0.25, 0.3) is 0 Å². The van der Waals surface area contributed by atoms with Crippen LogP contribution >= 0.6 is 11.3 Å². The molecule has 0 spiro atoms. The Morgan fingerprint density at radius 2 is 2.22 bits per heavy atom. The molecule has 4 rings (SSSR count). The Hall–Kier alpha value is -1.88. The van der Waals surface area contributed by atoms with Crippen LogP contribution in [0.5, 0.6) is 5.75 Å². The molecule has 1 saturated carbocycles. The molecule has 5 heteroatoms. The summed E-state index contributed by atoms with van der Waals surface area (Å²) in [5.41, 5.74) is 2.15. The van der Waals surface area contributed by atoms with Crippen LogP contribution in [0.1, 0.15) is 35.1 Å². The highest BCUT2D eigenvalue weighted by atomic mass is 32.1. The van der Waals surface area contributed by atoms with Gasteiger partial charge in [0.05, 0.1) is 12.0 Å². The first-order valence-corrected chi connectivity index (χ1v) is 9.02. The molecule has 1 aliphatic heterocycles. The van der Waals surface area contributed by atoms with Gasteiger partial charge in [0.1, 0.15) is 17.4 Å². The van der Waals surface area contributed by atoms with E-state index in [0.29, 0.717) is 12.5 Å². The Bertz CT molecular complexity index is 723. The molecule has 1 aromatic heterocycles. The van der Waals surface area contributed by atoms with E-state index >= 15 is 0 Å². The summed E-state index contributed by atoms with van der Waals surface area (Å²) in [6, 6.07) is 8.03. The van der Waals surface area contributed by atoms with Gasteiger partial charge in [0.25, 0.3) is 0 Å². The predicted octanol–water partition coefficient (Wildman–Crippen LogP) is 3.27. The van der Waals surface area contributed by atoms with Gasteiger partial charge in [0, 0.05) is 11.1 Å². The van der Waals surface area contributed by atoms with Crippen molar-refractivity contribution in [3.05, 3.63) is 45.9 Å². The second-order valence-electron chi connectivity index (χ2n) is 6.47. The Morgan fingerprint density at radius 1 is 1.39 bits per heavy atom. The number of para-hydroxylation sites is 1. The van der Waals surface area contributed by atoms with Crippen LogP contribution in [0.2, 0.25) is 0 Å². The maximum atomic E-state index is 12.7.